The minimum absolute atomic E-state index is 0.0422. The Morgan fingerprint density at radius 1 is 1.47 bits per heavy atom. The molecule has 2 aliphatic rings. The molecule has 1 fully saturated rings. The van der Waals surface area contributed by atoms with Crippen molar-refractivity contribution < 1.29 is 9.26 Å². The molecule has 3 atom stereocenters. The van der Waals surface area contributed by atoms with E-state index in [2.05, 4.69) is 11.2 Å². The number of nitrogens with two attached hydrogens (primary N) is 1. The molecule has 19 heavy (non-hydrogen) atoms. The third kappa shape index (κ3) is 2.14. The summed E-state index contributed by atoms with van der Waals surface area (Å²) in [6.45, 7) is 4.39. The Hall–Kier alpha value is -1.10. The second-order valence-corrected chi connectivity index (χ2v) is 5.60. The third-order valence-corrected chi connectivity index (χ3v) is 4.13. The van der Waals surface area contributed by atoms with Crippen LogP contribution in [-0.4, -0.2) is 23.9 Å². The monoisotopic (exact) mass is 280 g/mol. The molecule has 5 heteroatoms. The van der Waals surface area contributed by atoms with E-state index in [-0.39, 0.29) is 18.1 Å². The average molecular weight is 281 g/mol. The van der Waals surface area contributed by atoms with E-state index in [1.54, 1.807) is 0 Å². The number of allylic oxidation sites excluding steroid dienone is 2. The summed E-state index contributed by atoms with van der Waals surface area (Å²) in [7, 11) is 0. The largest absolute Gasteiger partial charge is 0.367 e. The Morgan fingerprint density at radius 3 is 2.89 bits per heavy atom. The van der Waals surface area contributed by atoms with Gasteiger partial charge in [0.2, 0.25) is 0 Å². The molecular weight excluding hydrogens is 264 g/mol. The summed E-state index contributed by atoms with van der Waals surface area (Å²) in [5, 5.41) is 4.73. The summed E-state index contributed by atoms with van der Waals surface area (Å²) in [4.78, 5) is 0. The highest BCUT2D eigenvalue weighted by Gasteiger charge is 2.37. The van der Waals surface area contributed by atoms with Gasteiger partial charge in [0.15, 0.2) is 0 Å². The quantitative estimate of drug-likeness (QED) is 0.904. The van der Waals surface area contributed by atoms with Gasteiger partial charge in [0.1, 0.15) is 5.76 Å². The van der Waals surface area contributed by atoms with Crippen LogP contribution in [0.4, 0.5) is 0 Å². The van der Waals surface area contributed by atoms with Crippen molar-refractivity contribution in [2.24, 2.45) is 11.7 Å². The maximum Gasteiger partial charge on any atom is 0.141 e. The van der Waals surface area contributed by atoms with E-state index in [0.717, 1.165) is 34.0 Å². The molecule has 0 amide bonds. The Morgan fingerprint density at radius 2 is 2.26 bits per heavy atom. The molecule has 102 valence electrons. The van der Waals surface area contributed by atoms with Crippen LogP contribution < -0.4 is 5.73 Å². The van der Waals surface area contributed by atoms with E-state index in [1.165, 1.54) is 0 Å². The number of rotatable bonds is 2. The van der Waals surface area contributed by atoms with Crippen LogP contribution in [0.25, 0.3) is 5.57 Å². The maximum absolute atomic E-state index is 6.36. The van der Waals surface area contributed by atoms with Gasteiger partial charge in [-0.2, -0.15) is 0 Å². The number of ether oxygens (including phenoxy) is 1. The first-order valence-electron chi connectivity index (χ1n) is 6.48. The Bertz CT molecular complexity index is 542. The van der Waals surface area contributed by atoms with Crippen LogP contribution in [-0.2, 0) is 4.74 Å². The lowest BCUT2D eigenvalue weighted by atomic mass is 9.88. The standard InChI is InChI=1S/C14H17ClN2O2/c1-7-13(8(2)19-17-7)9-3-10-4-11(6-16)18-14(10)12(15)5-9/h3,5,10-11,14H,4,6,16H2,1-2H3. The fourth-order valence-corrected chi connectivity index (χ4v) is 3.26. The molecule has 0 radical (unpaired) electrons. The van der Waals surface area contributed by atoms with Crippen LogP contribution in [0.1, 0.15) is 23.4 Å². The third-order valence-electron chi connectivity index (χ3n) is 3.81. The number of aryl methyl sites for hydroxylation is 2. The molecule has 1 aliphatic heterocycles. The topological polar surface area (TPSA) is 61.3 Å². The van der Waals surface area contributed by atoms with Crippen LogP contribution in [0.15, 0.2) is 21.7 Å². The second-order valence-electron chi connectivity index (χ2n) is 5.16. The van der Waals surface area contributed by atoms with Crippen molar-refractivity contribution in [1.82, 2.24) is 5.16 Å². The molecule has 2 heterocycles. The van der Waals surface area contributed by atoms with Crippen LogP contribution in [0.3, 0.4) is 0 Å². The normalized spacial score (nSPS) is 30.0. The molecule has 3 unspecified atom stereocenters. The van der Waals surface area contributed by atoms with Crippen molar-refractivity contribution >= 4 is 17.2 Å². The first-order valence-corrected chi connectivity index (χ1v) is 6.85. The van der Waals surface area contributed by atoms with Crippen LogP contribution in [0, 0.1) is 19.8 Å². The molecule has 0 spiro atoms. The van der Waals surface area contributed by atoms with Gasteiger partial charge in [0.05, 0.1) is 17.9 Å². The molecule has 1 saturated heterocycles. The summed E-state index contributed by atoms with van der Waals surface area (Å²) in [6, 6.07) is 0. The van der Waals surface area contributed by atoms with Gasteiger partial charge in [0.25, 0.3) is 0 Å². The zero-order chi connectivity index (χ0) is 13.6. The fourth-order valence-electron chi connectivity index (χ4n) is 2.93. The number of aromatic nitrogens is 1. The SMILES string of the molecule is Cc1noc(C)c1C1=CC2CC(CN)OC2C(Cl)=C1. The van der Waals surface area contributed by atoms with Gasteiger partial charge in [-0.05, 0) is 31.9 Å². The Balaban J connectivity index is 1.97. The number of hydrogen-bond donors (Lipinski definition) is 1. The van der Waals surface area contributed by atoms with Crippen LogP contribution in [0.5, 0.6) is 0 Å². The van der Waals surface area contributed by atoms with Gasteiger partial charge in [0, 0.05) is 23.1 Å². The Kier molecular flexibility index (Phi) is 3.25. The van der Waals surface area contributed by atoms with E-state index in [9.17, 15) is 0 Å². The van der Waals surface area contributed by atoms with Gasteiger partial charge >= 0.3 is 0 Å². The molecule has 1 aliphatic carbocycles. The molecular formula is C14H17ClN2O2. The highest BCUT2D eigenvalue weighted by atomic mass is 35.5. The molecule has 0 saturated carbocycles. The van der Waals surface area contributed by atoms with E-state index < -0.39 is 0 Å². The number of halogens is 1. The van der Waals surface area contributed by atoms with Crippen LogP contribution >= 0.6 is 11.6 Å². The average Bonchev–Trinajstić information content (AvgIpc) is 2.93. The minimum Gasteiger partial charge on any atom is -0.367 e. The summed E-state index contributed by atoms with van der Waals surface area (Å²) in [6.07, 6.45) is 5.13. The first-order chi connectivity index (χ1) is 9.10. The molecule has 0 bridgehead atoms. The predicted molar refractivity (Wildman–Crippen MR) is 73.7 cm³/mol. The molecule has 4 nitrogen and oxygen atoms in total. The summed E-state index contributed by atoms with van der Waals surface area (Å²) >= 11 is 6.36. The lowest BCUT2D eigenvalue weighted by molar-refractivity contribution is 0.0687. The lowest BCUT2D eigenvalue weighted by Crippen LogP contribution is -2.21. The summed E-state index contributed by atoms with van der Waals surface area (Å²) in [5.74, 6) is 1.10. The van der Waals surface area contributed by atoms with Crippen molar-refractivity contribution in [1.29, 1.82) is 0 Å². The summed E-state index contributed by atoms with van der Waals surface area (Å²) in [5.41, 5.74) is 8.67. The number of fused-ring (bicyclic) bond motifs is 1. The van der Waals surface area contributed by atoms with E-state index >= 15 is 0 Å². The lowest BCUT2D eigenvalue weighted by Gasteiger charge is -2.21. The predicted octanol–water partition coefficient (Wildman–Crippen LogP) is 2.54. The van der Waals surface area contributed by atoms with Crippen molar-refractivity contribution in [3.63, 3.8) is 0 Å². The molecule has 0 aromatic carbocycles. The van der Waals surface area contributed by atoms with Gasteiger partial charge in [-0.25, -0.2) is 0 Å². The second kappa shape index (κ2) is 4.78. The van der Waals surface area contributed by atoms with E-state index in [4.69, 9.17) is 26.6 Å². The summed E-state index contributed by atoms with van der Waals surface area (Å²) < 4.78 is 11.1. The highest BCUT2D eigenvalue weighted by molar-refractivity contribution is 6.31. The van der Waals surface area contributed by atoms with Crippen molar-refractivity contribution in [2.75, 3.05) is 6.54 Å². The number of nitrogens with zero attached hydrogens (tertiary/aromatic N) is 1. The number of hydrogen-bond acceptors (Lipinski definition) is 4. The van der Waals surface area contributed by atoms with Gasteiger partial charge in [-0.3, -0.25) is 0 Å². The smallest absolute Gasteiger partial charge is 0.141 e. The maximum atomic E-state index is 6.36. The van der Waals surface area contributed by atoms with Gasteiger partial charge in [-0.15, -0.1) is 0 Å². The zero-order valence-corrected chi connectivity index (χ0v) is 11.8. The van der Waals surface area contributed by atoms with Crippen LogP contribution in [0.2, 0.25) is 0 Å². The zero-order valence-electron chi connectivity index (χ0n) is 11.0. The van der Waals surface area contributed by atoms with Gasteiger partial charge < -0.3 is 15.0 Å². The highest BCUT2D eigenvalue weighted by Crippen LogP contribution is 2.41. The molecule has 2 N–H and O–H groups in total. The molecule has 1 aromatic heterocycles. The van der Waals surface area contributed by atoms with E-state index in [0.29, 0.717) is 6.54 Å². The first kappa shape index (κ1) is 12.9. The minimum atomic E-state index is -0.0422. The van der Waals surface area contributed by atoms with Crippen molar-refractivity contribution in [3.05, 3.63) is 34.2 Å². The fraction of sp³-hybridized carbons (Fsp3) is 0.500. The van der Waals surface area contributed by atoms with Crippen molar-refractivity contribution in [2.45, 2.75) is 32.5 Å². The molecule has 1 aromatic rings. The van der Waals surface area contributed by atoms with Crippen molar-refractivity contribution in [3.8, 4) is 0 Å². The molecule has 3 rings (SSSR count). The van der Waals surface area contributed by atoms with Gasteiger partial charge in [-0.1, -0.05) is 22.8 Å². The van der Waals surface area contributed by atoms with E-state index in [1.807, 2.05) is 19.9 Å². The Labute approximate surface area is 117 Å².